The number of hydrogen-bond donors (Lipinski definition) is 0. The first kappa shape index (κ1) is 13.4. The number of thiophene rings is 1. The maximum Gasteiger partial charge on any atom is 0.253 e. The number of hydrogen-bond acceptors (Lipinski definition) is 2. The number of aryl methyl sites for hydroxylation is 1. The molecule has 0 aliphatic carbocycles. The van der Waals surface area contributed by atoms with Crippen LogP contribution in [0.25, 0.3) is 0 Å². The maximum absolute atomic E-state index is 12.5. The van der Waals surface area contributed by atoms with Crippen LogP contribution in [0.5, 0.6) is 0 Å². The summed E-state index contributed by atoms with van der Waals surface area (Å²) in [5.74, 6) is 0.815. The molecular formula is C17H19NOS. The van der Waals surface area contributed by atoms with E-state index in [4.69, 9.17) is 0 Å². The molecule has 104 valence electrons. The van der Waals surface area contributed by atoms with E-state index in [0.29, 0.717) is 5.92 Å². The molecule has 2 nitrogen and oxygen atoms in total. The molecule has 0 radical (unpaired) electrons. The fourth-order valence-electron chi connectivity index (χ4n) is 2.85. The zero-order valence-corrected chi connectivity index (χ0v) is 12.5. The normalized spacial score (nSPS) is 16.4. The van der Waals surface area contributed by atoms with Gasteiger partial charge in [0, 0.05) is 23.5 Å². The Balaban J connectivity index is 1.65. The lowest BCUT2D eigenvalue weighted by atomic mass is 9.95. The van der Waals surface area contributed by atoms with E-state index in [0.717, 1.165) is 37.1 Å². The van der Waals surface area contributed by atoms with Crippen LogP contribution < -0.4 is 0 Å². The number of nitrogens with zero attached hydrogens (tertiary/aromatic N) is 1. The Labute approximate surface area is 124 Å². The minimum Gasteiger partial charge on any atom is -0.339 e. The smallest absolute Gasteiger partial charge is 0.253 e. The molecule has 3 rings (SSSR count). The highest BCUT2D eigenvalue weighted by Crippen LogP contribution is 2.31. The fourth-order valence-corrected chi connectivity index (χ4v) is 3.75. The molecule has 2 aromatic rings. The van der Waals surface area contributed by atoms with E-state index in [-0.39, 0.29) is 5.91 Å². The molecule has 1 aromatic heterocycles. The predicted molar refractivity (Wildman–Crippen MR) is 83.4 cm³/mol. The SMILES string of the molecule is Cc1cccc(C(=O)N2CCC(c3cccs3)CC2)c1. The molecular weight excluding hydrogens is 266 g/mol. The van der Waals surface area contributed by atoms with Gasteiger partial charge in [-0.2, -0.15) is 0 Å². The van der Waals surface area contributed by atoms with Gasteiger partial charge in [-0.1, -0.05) is 23.8 Å². The van der Waals surface area contributed by atoms with Crippen molar-refractivity contribution < 1.29 is 4.79 Å². The highest BCUT2D eigenvalue weighted by atomic mass is 32.1. The molecule has 0 spiro atoms. The minimum atomic E-state index is 0.179. The molecule has 20 heavy (non-hydrogen) atoms. The molecule has 0 bridgehead atoms. The van der Waals surface area contributed by atoms with Crippen LogP contribution in [0.15, 0.2) is 41.8 Å². The summed E-state index contributed by atoms with van der Waals surface area (Å²) in [6.07, 6.45) is 2.16. The van der Waals surface area contributed by atoms with Gasteiger partial charge in [-0.3, -0.25) is 4.79 Å². The summed E-state index contributed by atoms with van der Waals surface area (Å²) >= 11 is 1.83. The van der Waals surface area contributed by atoms with Crippen molar-refractivity contribution in [3.8, 4) is 0 Å². The predicted octanol–water partition coefficient (Wildman–Crippen LogP) is 4.08. The second-order valence-electron chi connectivity index (χ2n) is 5.45. The lowest BCUT2D eigenvalue weighted by Crippen LogP contribution is -2.37. The van der Waals surface area contributed by atoms with E-state index in [2.05, 4.69) is 17.5 Å². The fraction of sp³-hybridized carbons (Fsp3) is 0.353. The van der Waals surface area contributed by atoms with Gasteiger partial charge in [-0.05, 0) is 49.3 Å². The number of rotatable bonds is 2. The third-order valence-corrected chi connectivity index (χ3v) is 5.03. The van der Waals surface area contributed by atoms with E-state index in [9.17, 15) is 4.79 Å². The van der Waals surface area contributed by atoms with Crippen molar-refractivity contribution in [1.82, 2.24) is 4.90 Å². The molecule has 0 atom stereocenters. The van der Waals surface area contributed by atoms with E-state index >= 15 is 0 Å². The van der Waals surface area contributed by atoms with Crippen LogP contribution in [0, 0.1) is 6.92 Å². The third kappa shape index (κ3) is 2.78. The number of benzene rings is 1. The maximum atomic E-state index is 12.5. The monoisotopic (exact) mass is 285 g/mol. The Hall–Kier alpha value is -1.61. The summed E-state index contributed by atoms with van der Waals surface area (Å²) in [5, 5.41) is 2.14. The van der Waals surface area contributed by atoms with Gasteiger partial charge in [0.2, 0.25) is 0 Å². The molecule has 2 heterocycles. The van der Waals surface area contributed by atoms with Crippen LogP contribution in [0.4, 0.5) is 0 Å². The number of amides is 1. The van der Waals surface area contributed by atoms with Crippen molar-refractivity contribution in [2.24, 2.45) is 0 Å². The largest absolute Gasteiger partial charge is 0.339 e. The van der Waals surface area contributed by atoms with Gasteiger partial charge in [0.15, 0.2) is 0 Å². The van der Waals surface area contributed by atoms with Gasteiger partial charge in [0.05, 0.1) is 0 Å². The molecule has 1 aliphatic rings. The molecule has 1 amide bonds. The first-order valence-corrected chi connectivity index (χ1v) is 8.01. The number of piperidine rings is 1. The Morgan fingerprint density at radius 1 is 1.20 bits per heavy atom. The molecule has 0 saturated carbocycles. The topological polar surface area (TPSA) is 20.3 Å². The summed E-state index contributed by atoms with van der Waals surface area (Å²) < 4.78 is 0. The van der Waals surface area contributed by atoms with Gasteiger partial charge >= 0.3 is 0 Å². The van der Waals surface area contributed by atoms with E-state index in [1.54, 1.807) is 0 Å². The highest BCUT2D eigenvalue weighted by molar-refractivity contribution is 7.10. The van der Waals surface area contributed by atoms with Crippen LogP contribution >= 0.6 is 11.3 Å². The third-order valence-electron chi connectivity index (χ3n) is 3.99. The summed E-state index contributed by atoms with van der Waals surface area (Å²) in [6.45, 7) is 3.77. The summed E-state index contributed by atoms with van der Waals surface area (Å²) in [5.41, 5.74) is 1.96. The van der Waals surface area contributed by atoms with Crippen LogP contribution in [0.2, 0.25) is 0 Å². The van der Waals surface area contributed by atoms with Crippen molar-refractivity contribution in [1.29, 1.82) is 0 Å². The van der Waals surface area contributed by atoms with E-state index < -0.39 is 0 Å². The van der Waals surface area contributed by atoms with Gasteiger partial charge in [0.25, 0.3) is 5.91 Å². The quantitative estimate of drug-likeness (QED) is 0.814. The molecule has 1 saturated heterocycles. The average Bonchev–Trinajstić information content (AvgIpc) is 3.01. The number of carbonyl (C=O) groups is 1. The number of likely N-dealkylation sites (tertiary alicyclic amines) is 1. The van der Waals surface area contributed by atoms with Crippen molar-refractivity contribution in [2.75, 3.05) is 13.1 Å². The van der Waals surface area contributed by atoms with Gasteiger partial charge < -0.3 is 4.90 Å². The first-order valence-electron chi connectivity index (χ1n) is 7.13. The molecule has 3 heteroatoms. The van der Waals surface area contributed by atoms with Crippen LogP contribution in [-0.4, -0.2) is 23.9 Å². The van der Waals surface area contributed by atoms with Crippen LogP contribution in [0.1, 0.15) is 39.6 Å². The molecule has 1 fully saturated rings. The summed E-state index contributed by atoms with van der Waals surface area (Å²) in [4.78, 5) is 15.9. The van der Waals surface area contributed by atoms with E-state index in [1.807, 2.05) is 47.4 Å². The van der Waals surface area contributed by atoms with Crippen molar-refractivity contribution in [2.45, 2.75) is 25.7 Å². The molecule has 0 unspecified atom stereocenters. The van der Waals surface area contributed by atoms with Gasteiger partial charge in [-0.15, -0.1) is 11.3 Å². The average molecular weight is 285 g/mol. The van der Waals surface area contributed by atoms with Gasteiger partial charge in [-0.25, -0.2) is 0 Å². The second-order valence-corrected chi connectivity index (χ2v) is 6.43. The Morgan fingerprint density at radius 3 is 2.65 bits per heavy atom. The van der Waals surface area contributed by atoms with E-state index in [1.165, 1.54) is 4.88 Å². The standard InChI is InChI=1S/C17H19NOS/c1-13-4-2-5-15(12-13)17(19)18-9-7-14(8-10-18)16-6-3-11-20-16/h2-6,11-12,14H,7-10H2,1H3. The second kappa shape index (κ2) is 5.80. The van der Waals surface area contributed by atoms with Crippen molar-refractivity contribution in [3.63, 3.8) is 0 Å². The van der Waals surface area contributed by atoms with Gasteiger partial charge in [0.1, 0.15) is 0 Å². The Morgan fingerprint density at radius 2 is 2.00 bits per heavy atom. The Kier molecular flexibility index (Phi) is 3.88. The zero-order chi connectivity index (χ0) is 13.9. The first-order chi connectivity index (χ1) is 9.74. The van der Waals surface area contributed by atoms with Crippen molar-refractivity contribution in [3.05, 3.63) is 57.8 Å². The lowest BCUT2D eigenvalue weighted by Gasteiger charge is -2.31. The summed E-state index contributed by atoms with van der Waals surface area (Å²) in [6, 6.07) is 12.2. The highest BCUT2D eigenvalue weighted by Gasteiger charge is 2.24. The molecule has 0 N–H and O–H groups in total. The lowest BCUT2D eigenvalue weighted by molar-refractivity contribution is 0.0713. The molecule has 1 aromatic carbocycles. The summed E-state index contributed by atoms with van der Waals surface area (Å²) in [7, 11) is 0. The zero-order valence-electron chi connectivity index (χ0n) is 11.7. The number of carbonyl (C=O) groups excluding carboxylic acids is 1. The Bertz CT molecular complexity index is 583. The van der Waals surface area contributed by atoms with Crippen molar-refractivity contribution >= 4 is 17.2 Å². The van der Waals surface area contributed by atoms with Crippen LogP contribution in [0.3, 0.4) is 0 Å². The molecule has 1 aliphatic heterocycles. The minimum absolute atomic E-state index is 0.179. The van der Waals surface area contributed by atoms with Crippen LogP contribution in [-0.2, 0) is 0 Å².